The minimum Gasteiger partial charge on any atom is -0.493 e. The zero-order valence-corrected chi connectivity index (χ0v) is 16.7. The van der Waals surface area contributed by atoms with Crippen molar-refractivity contribution in [1.82, 2.24) is 0 Å². The van der Waals surface area contributed by atoms with Crippen LogP contribution in [0.1, 0.15) is 45.1 Å². The highest BCUT2D eigenvalue weighted by atomic mass is 16.5. The Morgan fingerprint density at radius 2 is 2.07 bits per heavy atom. The molecule has 2 rings (SSSR count). The van der Waals surface area contributed by atoms with Crippen molar-refractivity contribution in [2.45, 2.75) is 39.5 Å². The fourth-order valence-electron chi connectivity index (χ4n) is 3.00. The summed E-state index contributed by atoms with van der Waals surface area (Å²) in [6, 6.07) is 7.36. The molecule has 1 unspecified atom stereocenters. The van der Waals surface area contributed by atoms with E-state index in [1.54, 1.807) is 39.2 Å². The summed E-state index contributed by atoms with van der Waals surface area (Å²) in [6.45, 7) is 6.21. The fourth-order valence-corrected chi connectivity index (χ4v) is 3.00. The molecule has 1 aliphatic rings. The van der Waals surface area contributed by atoms with Gasteiger partial charge in [0.25, 0.3) is 0 Å². The Kier molecular flexibility index (Phi) is 7.33. The second kappa shape index (κ2) is 9.70. The lowest BCUT2D eigenvalue weighted by Crippen LogP contribution is -2.25. The molecule has 7 nitrogen and oxygen atoms in total. The second-order valence-electron chi connectivity index (χ2n) is 6.23. The van der Waals surface area contributed by atoms with E-state index in [2.05, 4.69) is 13.0 Å². The molecule has 1 aromatic carbocycles. The summed E-state index contributed by atoms with van der Waals surface area (Å²) < 4.78 is 21.8. The first-order valence-electron chi connectivity index (χ1n) is 9.24. The number of unbranched alkanes of at least 4 members (excludes halogenated alkanes) is 1. The molecule has 1 atom stereocenters. The van der Waals surface area contributed by atoms with E-state index >= 15 is 0 Å². The first-order chi connectivity index (χ1) is 13.5. The van der Waals surface area contributed by atoms with Crippen LogP contribution in [0.5, 0.6) is 11.5 Å². The molecule has 0 spiro atoms. The summed E-state index contributed by atoms with van der Waals surface area (Å²) in [4.78, 5) is 12.6. The molecular formula is C21H26N2O5. The number of rotatable bonds is 8. The standard InChI is InChI=1S/C21H26N2O5/c1-5-7-10-27-16-9-8-14(11-17(16)25-4)19-15(12-22)20(23)28-13(3)18(19)21(24)26-6-2/h8-9,11,19H,5-7,10,23H2,1-4H3. The fraction of sp³-hybridized carbons (Fsp3) is 0.429. The molecule has 0 amide bonds. The average Bonchev–Trinajstić information content (AvgIpc) is 2.68. The lowest BCUT2D eigenvalue weighted by Gasteiger charge is -2.27. The average molecular weight is 386 g/mol. The molecule has 0 radical (unpaired) electrons. The van der Waals surface area contributed by atoms with Crippen LogP contribution in [0.4, 0.5) is 0 Å². The maximum Gasteiger partial charge on any atom is 0.338 e. The molecule has 0 bridgehead atoms. The van der Waals surface area contributed by atoms with Gasteiger partial charge in [0.1, 0.15) is 17.4 Å². The number of methoxy groups -OCH3 is 1. The van der Waals surface area contributed by atoms with Crippen LogP contribution >= 0.6 is 0 Å². The molecule has 0 saturated carbocycles. The number of carbonyl (C=O) groups excluding carboxylic acids is 1. The van der Waals surface area contributed by atoms with Crippen molar-refractivity contribution in [3.05, 3.63) is 46.6 Å². The molecule has 0 aliphatic carbocycles. The van der Waals surface area contributed by atoms with Crippen LogP contribution in [-0.2, 0) is 14.3 Å². The molecule has 150 valence electrons. The summed E-state index contributed by atoms with van der Waals surface area (Å²) in [6.07, 6.45) is 1.95. The van der Waals surface area contributed by atoms with Crippen LogP contribution < -0.4 is 15.2 Å². The highest BCUT2D eigenvalue weighted by Gasteiger charge is 2.36. The maximum absolute atomic E-state index is 12.6. The lowest BCUT2D eigenvalue weighted by atomic mass is 9.83. The Morgan fingerprint density at radius 3 is 2.68 bits per heavy atom. The third kappa shape index (κ3) is 4.39. The van der Waals surface area contributed by atoms with Gasteiger partial charge < -0.3 is 24.7 Å². The predicted octanol–water partition coefficient (Wildman–Crippen LogP) is 3.52. The third-order valence-electron chi connectivity index (χ3n) is 4.38. The molecule has 0 saturated heterocycles. The van der Waals surface area contributed by atoms with Crippen LogP contribution in [0.25, 0.3) is 0 Å². The quantitative estimate of drug-likeness (QED) is 0.538. The highest BCUT2D eigenvalue weighted by Crippen LogP contribution is 2.42. The van der Waals surface area contributed by atoms with Gasteiger partial charge in [0.05, 0.1) is 31.8 Å². The molecule has 28 heavy (non-hydrogen) atoms. The van der Waals surface area contributed by atoms with Gasteiger partial charge >= 0.3 is 5.97 Å². The van der Waals surface area contributed by atoms with Crippen molar-refractivity contribution in [2.24, 2.45) is 5.73 Å². The first kappa shape index (κ1) is 21.2. The predicted molar refractivity (Wildman–Crippen MR) is 103 cm³/mol. The van der Waals surface area contributed by atoms with Crippen molar-refractivity contribution in [3.63, 3.8) is 0 Å². The number of allylic oxidation sites excluding steroid dienone is 2. The molecule has 7 heteroatoms. The maximum atomic E-state index is 12.6. The van der Waals surface area contributed by atoms with Crippen LogP contribution in [0.3, 0.4) is 0 Å². The molecule has 0 fully saturated rings. The van der Waals surface area contributed by atoms with Gasteiger partial charge in [0.2, 0.25) is 5.88 Å². The molecular weight excluding hydrogens is 360 g/mol. The third-order valence-corrected chi connectivity index (χ3v) is 4.38. The summed E-state index contributed by atoms with van der Waals surface area (Å²) >= 11 is 0. The van der Waals surface area contributed by atoms with Crippen molar-refractivity contribution in [1.29, 1.82) is 5.26 Å². The number of hydrogen-bond donors (Lipinski definition) is 1. The van der Waals surface area contributed by atoms with Gasteiger partial charge in [-0.1, -0.05) is 19.4 Å². The number of nitrogens with two attached hydrogens (primary N) is 1. The van der Waals surface area contributed by atoms with Crippen LogP contribution in [-0.4, -0.2) is 26.3 Å². The Balaban J connectivity index is 2.51. The number of benzene rings is 1. The number of nitrogens with zero attached hydrogens (tertiary/aromatic N) is 1. The van der Waals surface area contributed by atoms with Gasteiger partial charge in [0, 0.05) is 0 Å². The van der Waals surface area contributed by atoms with Crippen molar-refractivity contribution >= 4 is 5.97 Å². The second-order valence-corrected chi connectivity index (χ2v) is 6.23. The molecule has 1 heterocycles. The summed E-state index contributed by atoms with van der Waals surface area (Å²) in [5, 5.41) is 9.63. The zero-order valence-electron chi connectivity index (χ0n) is 16.7. The van der Waals surface area contributed by atoms with E-state index in [0.29, 0.717) is 29.4 Å². The highest BCUT2D eigenvalue weighted by molar-refractivity contribution is 5.92. The Labute approximate surface area is 165 Å². The molecule has 2 N–H and O–H groups in total. The van der Waals surface area contributed by atoms with Gasteiger partial charge in [-0.2, -0.15) is 5.26 Å². The van der Waals surface area contributed by atoms with E-state index in [4.69, 9.17) is 24.7 Å². The normalized spacial score (nSPS) is 16.3. The van der Waals surface area contributed by atoms with Gasteiger partial charge in [0.15, 0.2) is 11.5 Å². The van der Waals surface area contributed by atoms with Crippen molar-refractivity contribution in [3.8, 4) is 17.6 Å². The minimum absolute atomic E-state index is 0.0275. The minimum atomic E-state index is -0.712. The van der Waals surface area contributed by atoms with Crippen LogP contribution in [0, 0.1) is 11.3 Å². The first-order valence-corrected chi connectivity index (χ1v) is 9.24. The van der Waals surface area contributed by atoms with Crippen molar-refractivity contribution in [2.75, 3.05) is 20.3 Å². The van der Waals surface area contributed by atoms with E-state index in [-0.39, 0.29) is 23.6 Å². The zero-order chi connectivity index (χ0) is 20.7. The van der Waals surface area contributed by atoms with E-state index < -0.39 is 11.9 Å². The number of esters is 1. The van der Waals surface area contributed by atoms with E-state index in [1.165, 1.54) is 0 Å². The summed E-state index contributed by atoms with van der Waals surface area (Å²) in [5.74, 6) is 0.129. The van der Waals surface area contributed by atoms with E-state index in [0.717, 1.165) is 12.8 Å². The number of nitriles is 1. The topological polar surface area (TPSA) is 104 Å². The number of carbonyl (C=O) groups is 1. The summed E-state index contributed by atoms with van der Waals surface area (Å²) in [5.41, 5.74) is 6.97. The van der Waals surface area contributed by atoms with Crippen LogP contribution in [0.2, 0.25) is 0 Å². The Hall–Kier alpha value is -3.14. The number of hydrogen-bond acceptors (Lipinski definition) is 7. The Bertz CT molecular complexity index is 836. The largest absolute Gasteiger partial charge is 0.493 e. The number of ether oxygens (including phenoxy) is 4. The van der Waals surface area contributed by atoms with Gasteiger partial charge in [-0.25, -0.2) is 4.79 Å². The van der Waals surface area contributed by atoms with E-state index in [9.17, 15) is 10.1 Å². The van der Waals surface area contributed by atoms with Gasteiger partial charge in [-0.3, -0.25) is 0 Å². The van der Waals surface area contributed by atoms with Gasteiger partial charge in [-0.15, -0.1) is 0 Å². The SMILES string of the molecule is CCCCOc1ccc(C2C(C#N)=C(N)OC(C)=C2C(=O)OCC)cc1OC. The molecule has 1 aliphatic heterocycles. The van der Waals surface area contributed by atoms with Crippen molar-refractivity contribution < 1.29 is 23.7 Å². The molecule has 0 aromatic heterocycles. The lowest BCUT2D eigenvalue weighted by molar-refractivity contribution is -0.139. The Morgan fingerprint density at radius 1 is 1.32 bits per heavy atom. The van der Waals surface area contributed by atoms with Gasteiger partial charge in [-0.05, 0) is 38.0 Å². The monoisotopic (exact) mass is 386 g/mol. The summed E-state index contributed by atoms with van der Waals surface area (Å²) in [7, 11) is 1.54. The van der Waals surface area contributed by atoms with E-state index in [1.807, 2.05) is 0 Å². The van der Waals surface area contributed by atoms with Crippen LogP contribution in [0.15, 0.2) is 41.0 Å². The smallest absolute Gasteiger partial charge is 0.338 e. The molecule has 1 aromatic rings.